The molecule has 1 aromatic carbocycles. The fourth-order valence-electron chi connectivity index (χ4n) is 1.99. The molecule has 0 saturated heterocycles. The number of nitrogens with zero attached hydrogens (tertiary/aromatic N) is 2. The molecule has 0 amide bonds. The Morgan fingerprint density at radius 2 is 2.16 bits per heavy atom. The summed E-state index contributed by atoms with van der Waals surface area (Å²) in [4.78, 5) is 11.7. The fraction of sp³-hybridized carbons (Fsp3) is 0.429. The smallest absolute Gasteiger partial charge is 0.207 e. The molecule has 19 heavy (non-hydrogen) atoms. The van der Waals surface area contributed by atoms with Gasteiger partial charge in [0, 0.05) is 25.6 Å². The Labute approximate surface area is 112 Å². The van der Waals surface area contributed by atoms with Gasteiger partial charge in [-0.1, -0.05) is 12.1 Å². The minimum atomic E-state index is -0.0279. The van der Waals surface area contributed by atoms with Crippen molar-refractivity contribution in [3.8, 4) is 0 Å². The monoisotopic (exact) mass is 261 g/mol. The van der Waals surface area contributed by atoms with E-state index in [1.165, 1.54) is 6.20 Å². The van der Waals surface area contributed by atoms with Crippen molar-refractivity contribution in [1.82, 2.24) is 15.1 Å². The third-order valence-corrected chi connectivity index (χ3v) is 2.96. The van der Waals surface area contributed by atoms with Gasteiger partial charge in [-0.2, -0.15) is 5.10 Å². The molecular formula is C14H19N3O2. The molecule has 1 heterocycles. The van der Waals surface area contributed by atoms with Crippen LogP contribution in [0.2, 0.25) is 0 Å². The van der Waals surface area contributed by atoms with E-state index < -0.39 is 0 Å². The lowest BCUT2D eigenvalue weighted by Gasteiger charge is -2.09. The van der Waals surface area contributed by atoms with Gasteiger partial charge in [0.25, 0.3) is 0 Å². The standard InChI is InChI=1S/C14H19N3O2/c1-19-10-4-7-15-8-9-17-13-6-3-2-5-12(13)14(18)11-16-17/h2-3,5-6,11,15H,4,7-10H2,1H3. The Morgan fingerprint density at radius 1 is 1.32 bits per heavy atom. The Bertz CT molecular complexity index is 580. The van der Waals surface area contributed by atoms with Gasteiger partial charge in [0.1, 0.15) is 0 Å². The van der Waals surface area contributed by atoms with Gasteiger partial charge < -0.3 is 10.1 Å². The van der Waals surface area contributed by atoms with Crippen LogP contribution in [-0.4, -0.2) is 36.6 Å². The highest BCUT2D eigenvalue weighted by Crippen LogP contribution is 2.07. The van der Waals surface area contributed by atoms with E-state index in [9.17, 15) is 4.79 Å². The van der Waals surface area contributed by atoms with E-state index in [1.54, 1.807) is 7.11 Å². The number of rotatable bonds is 7. The van der Waals surface area contributed by atoms with Gasteiger partial charge in [0.15, 0.2) is 0 Å². The summed E-state index contributed by atoms with van der Waals surface area (Å²) < 4.78 is 6.85. The van der Waals surface area contributed by atoms with Crippen LogP contribution in [0.15, 0.2) is 35.3 Å². The first-order valence-electron chi connectivity index (χ1n) is 6.47. The van der Waals surface area contributed by atoms with Crippen molar-refractivity contribution in [1.29, 1.82) is 0 Å². The molecule has 1 aromatic heterocycles. The maximum absolute atomic E-state index is 11.7. The highest BCUT2D eigenvalue weighted by atomic mass is 16.5. The molecule has 0 fully saturated rings. The second-order valence-corrected chi connectivity index (χ2v) is 4.35. The third kappa shape index (κ3) is 3.62. The number of para-hydroxylation sites is 1. The molecule has 0 spiro atoms. The van der Waals surface area contributed by atoms with E-state index in [-0.39, 0.29) is 5.43 Å². The Hall–Kier alpha value is -1.72. The third-order valence-electron chi connectivity index (χ3n) is 2.96. The molecule has 2 aromatic rings. The van der Waals surface area contributed by atoms with Crippen LogP contribution in [0.4, 0.5) is 0 Å². The van der Waals surface area contributed by atoms with Crippen molar-refractivity contribution in [2.24, 2.45) is 0 Å². The summed E-state index contributed by atoms with van der Waals surface area (Å²) in [5, 5.41) is 8.23. The molecule has 0 radical (unpaired) electrons. The molecule has 1 N–H and O–H groups in total. The SMILES string of the molecule is COCCCNCCn1ncc(=O)c2ccccc21. The second-order valence-electron chi connectivity index (χ2n) is 4.35. The quantitative estimate of drug-likeness (QED) is 0.756. The van der Waals surface area contributed by atoms with Gasteiger partial charge >= 0.3 is 0 Å². The van der Waals surface area contributed by atoms with Crippen LogP contribution in [0.3, 0.4) is 0 Å². The molecule has 0 saturated carbocycles. The molecule has 5 heteroatoms. The Kier molecular flexibility index (Phi) is 5.06. The minimum Gasteiger partial charge on any atom is -0.385 e. The Morgan fingerprint density at radius 3 is 3.00 bits per heavy atom. The van der Waals surface area contributed by atoms with Gasteiger partial charge in [-0.05, 0) is 25.1 Å². The molecule has 102 valence electrons. The zero-order valence-corrected chi connectivity index (χ0v) is 11.1. The van der Waals surface area contributed by atoms with Crippen LogP contribution >= 0.6 is 0 Å². The number of fused-ring (bicyclic) bond motifs is 1. The lowest BCUT2D eigenvalue weighted by atomic mass is 10.2. The molecule has 0 aliphatic carbocycles. The molecular weight excluding hydrogens is 242 g/mol. The summed E-state index contributed by atoms with van der Waals surface area (Å²) in [5.41, 5.74) is 0.855. The zero-order chi connectivity index (χ0) is 13.5. The molecule has 2 rings (SSSR count). The van der Waals surface area contributed by atoms with Crippen molar-refractivity contribution in [2.45, 2.75) is 13.0 Å². The number of benzene rings is 1. The largest absolute Gasteiger partial charge is 0.385 e. The van der Waals surface area contributed by atoms with E-state index in [0.717, 1.165) is 43.6 Å². The van der Waals surface area contributed by atoms with Gasteiger partial charge in [-0.15, -0.1) is 0 Å². The summed E-state index contributed by atoms with van der Waals surface area (Å²) in [7, 11) is 1.70. The van der Waals surface area contributed by atoms with Crippen LogP contribution in [-0.2, 0) is 11.3 Å². The number of hydrogen-bond acceptors (Lipinski definition) is 4. The second kappa shape index (κ2) is 7.01. The van der Waals surface area contributed by atoms with Crippen LogP contribution in [0, 0.1) is 0 Å². The van der Waals surface area contributed by atoms with Gasteiger partial charge in [0.2, 0.25) is 5.43 Å². The molecule has 0 unspecified atom stereocenters. The van der Waals surface area contributed by atoms with Gasteiger partial charge in [-0.25, -0.2) is 0 Å². The average molecular weight is 261 g/mol. The van der Waals surface area contributed by atoms with Crippen LogP contribution in [0.5, 0.6) is 0 Å². The lowest BCUT2D eigenvalue weighted by Crippen LogP contribution is -2.24. The number of methoxy groups -OCH3 is 1. The number of ether oxygens (including phenoxy) is 1. The van der Waals surface area contributed by atoms with Crippen LogP contribution < -0.4 is 10.7 Å². The van der Waals surface area contributed by atoms with E-state index in [2.05, 4.69) is 10.4 Å². The molecule has 0 aliphatic rings. The van der Waals surface area contributed by atoms with E-state index >= 15 is 0 Å². The molecule has 0 bridgehead atoms. The number of hydrogen-bond donors (Lipinski definition) is 1. The molecule has 5 nitrogen and oxygen atoms in total. The summed E-state index contributed by atoms with van der Waals surface area (Å²) in [5.74, 6) is 0. The maximum atomic E-state index is 11.7. The first kappa shape index (κ1) is 13.7. The molecule has 0 aliphatic heterocycles. The highest BCUT2D eigenvalue weighted by Gasteiger charge is 2.02. The first-order valence-corrected chi connectivity index (χ1v) is 6.47. The predicted octanol–water partition coefficient (Wildman–Crippen LogP) is 1.02. The van der Waals surface area contributed by atoms with Gasteiger partial charge in [0.05, 0.1) is 18.3 Å². The Balaban J connectivity index is 1.98. The fourth-order valence-corrected chi connectivity index (χ4v) is 1.99. The first-order chi connectivity index (χ1) is 9.33. The van der Waals surface area contributed by atoms with Crippen molar-refractivity contribution >= 4 is 10.9 Å². The van der Waals surface area contributed by atoms with Crippen LogP contribution in [0.1, 0.15) is 6.42 Å². The van der Waals surface area contributed by atoms with Gasteiger partial charge in [-0.3, -0.25) is 9.48 Å². The predicted molar refractivity (Wildman–Crippen MR) is 75.4 cm³/mol. The minimum absolute atomic E-state index is 0.0279. The summed E-state index contributed by atoms with van der Waals surface area (Å²) in [6, 6.07) is 7.56. The zero-order valence-electron chi connectivity index (χ0n) is 11.1. The normalized spacial score (nSPS) is 11.0. The van der Waals surface area contributed by atoms with Crippen LogP contribution in [0.25, 0.3) is 10.9 Å². The van der Waals surface area contributed by atoms with Crippen molar-refractivity contribution < 1.29 is 4.74 Å². The maximum Gasteiger partial charge on any atom is 0.207 e. The van der Waals surface area contributed by atoms with Crippen molar-refractivity contribution in [3.05, 3.63) is 40.7 Å². The average Bonchev–Trinajstić information content (AvgIpc) is 2.45. The topological polar surface area (TPSA) is 56.1 Å². The summed E-state index contributed by atoms with van der Waals surface area (Å²) in [6.45, 7) is 3.26. The number of aromatic nitrogens is 2. The highest BCUT2D eigenvalue weighted by molar-refractivity contribution is 5.77. The summed E-state index contributed by atoms with van der Waals surface area (Å²) >= 11 is 0. The number of nitrogens with one attached hydrogen (secondary N) is 1. The molecule has 0 atom stereocenters. The van der Waals surface area contributed by atoms with Crippen molar-refractivity contribution in [2.75, 3.05) is 26.8 Å². The van der Waals surface area contributed by atoms with E-state index in [4.69, 9.17) is 4.74 Å². The summed E-state index contributed by atoms with van der Waals surface area (Å²) in [6.07, 6.45) is 2.38. The lowest BCUT2D eigenvalue weighted by molar-refractivity contribution is 0.194. The van der Waals surface area contributed by atoms with Crippen molar-refractivity contribution in [3.63, 3.8) is 0 Å². The van der Waals surface area contributed by atoms with E-state index in [0.29, 0.717) is 0 Å². The van der Waals surface area contributed by atoms with E-state index in [1.807, 2.05) is 28.9 Å².